The van der Waals surface area contributed by atoms with Crippen molar-refractivity contribution < 1.29 is 4.79 Å². The summed E-state index contributed by atoms with van der Waals surface area (Å²) in [7, 11) is 0. The van der Waals surface area contributed by atoms with Crippen LogP contribution in [-0.4, -0.2) is 10.5 Å². The Morgan fingerprint density at radius 1 is 1.04 bits per heavy atom. The van der Waals surface area contributed by atoms with Gasteiger partial charge in [-0.15, -0.1) is 0 Å². The SMILES string of the molecule is Cc1cccc(NC(=O)CCn2c(=O)cc(C)c3ccccc32)c1. The molecule has 0 saturated carbocycles. The number of hydrogen-bond acceptors (Lipinski definition) is 2. The predicted molar refractivity (Wildman–Crippen MR) is 97.4 cm³/mol. The molecule has 0 radical (unpaired) electrons. The van der Waals surface area contributed by atoms with Crippen LogP contribution in [0.25, 0.3) is 10.9 Å². The molecule has 0 unspecified atom stereocenters. The number of benzene rings is 2. The van der Waals surface area contributed by atoms with Crippen LogP contribution in [0.15, 0.2) is 59.4 Å². The second kappa shape index (κ2) is 6.71. The fraction of sp³-hybridized carbons (Fsp3) is 0.200. The molecule has 0 saturated heterocycles. The van der Waals surface area contributed by atoms with Crippen molar-refractivity contribution >= 4 is 22.5 Å². The summed E-state index contributed by atoms with van der Waals surface area (Å²) < 4.78 is 1.66. The van der Waals surface area contributed by atoms with E-state index in [9.17, 15) is 9.59 Å². The van der Waals surface area contributed by atoms with Gasteiger partial charge in [0.1, 0.15) is 0 Å². The number of nitrogens with one attached hydrogen (secondary N) is 1. The number of aryl methyl sites for hydroxylation is 3. The van der Waals surface area contributed by atoms with E-state index in [1.807, 2.05) is 62.4 Å². The molecule has 3 aromatic rings. The van der Waals surface area contributed by atoms with Gasteiger partial charge in [0.05, 0.1) is 5.52 Å². The van der Waals surface area contributed by atoms with Crippen LogP contribution in [0, 0.1) is 13.8 Å². The van der Waals surface area contributed by atoms with E-state index in [4.69, 9.17) is 0 Å². The second-order valence-electron chi connectivity index (χ2n) is 6.00. The van der Waals surface area contributed by atoms with Crippen LogP contribution < -0.4 is 10.9 Å². The lowest BCUT2D eigenvalue weighted by molar-refractivity contribution is -0.116. The highest BCUT2D eigenvalue weighted by molar-refractivity contribution is 5.91. The number of carbonyl (C=O) groups is 1. The highest BCUT2D eigenvalue weighted by atomic mass is 16.1. The summed E-state index contributed by atoms with van der Waals surface area (Å²) in [6, 6.07) is 17.1. The van der Waals surface area contributed by atoms with Crippen molar-refractivity contribution in [1.29, 1.82) is 0 Å². The number of hydrogen-bond donors (Lipinski definition) is 1. The van der Waals surface area contributed by atoms with Crippen LogP contribution in [0.3, 0.4) is 0 Å². The smallest absolute Gasteiger partial charge is 0.251 e. The predicted octanol–water partition coefficient (Wildman–Crippen LogP) is 3.65. The molecule has 1 amide bonds. The zero-order chi connectivity index (χ0) is 17.1. The third-order valence-corrected chi connectivity index (χ3v) is 4.09. The molecule has 1 N–H and O–H groups in total. The topological polar surface area (TPSA) is 51.1 Å². The standard InChI is InChI=1S/C20H20N2O2/c1-14-6-5-7-16(12-14)21-19(23)10-11-22-18-9-4-3-8-17(18)15(2)13-20(22)24/h3-9,12-13H,10-11H2,1-2H3,(H,21,23). The number of pyridine rings is 1. The molecule has 4 nitrogen and oxygen atoms in total. The molecule has 0 aliphatic heterocycles. The fourth-order valence-electron chi connectivity index (χ4n) is 2.89. The van der Waals surface area contributed by atoms with Gasteiger partial charge < -0.3 is 9.88 Å². The molecule has 0 bridgehead atoms. The molecule has 1 aromatic heterocycles. The van der Waals surface area contributed by atoms with Crippen LogP contribution >= 0.6 is 0 Å². The van der Waals surface area contributed by atoms with Crippen molar-refractivity contribution in [2.45, 2.75) is 26.8 Å². The monoisotopic (exact) mass is 320 g/mol. The lowest BCUT2D eigenvalue weighted by Gasteiger charge is -2.12. The summed E-state index contributed by atoms with van der Waals surface area (Å²) in [4.78, 5) is 24.5. The van der Waals surface area contributed by atoms with E-state index in [1.54, 1.807) is 10.6 Å². The Hall–Kier alpha value is -2.88. The highest BCUT2D eigenvalue weighted by Gasteiger charge is 2.08. The number of amides is 1. The first-order chi connectivity index (χ1) is 11.5. The molecule has 0 fully saturated rings. The van der Waals surface area contributed by atoms with Gasteiger partial charge in [-0.2, -0.15) is 0 Å². The van der Waals surface area contributed by atoms with Crippen molar-refractivity contribution in [3.63, 3.8) is 0 Å². The van der Waals surface area contributed by atoms with E-state index in [1.165, 1.54) is 0 Å². The normalized spacial score (nSPS) is 10.8. The zero-order valence-electron chi connectivity index (χ0n) is 13.9. The first-order valence-corrected chi connectivity index (χ1v) is 8.00. The summed E-state index contributed by atoms with van der Waals surface area (Å²) >= 11 is 0. The van der Waals surface area contributed by atoms with Gasteiger partial charge in [-0.25, -0.2) is 0 Å². The van der Waals surface area contributed by atoms with Gasteiger partial charge >= 0.3 is 0 Å². The maximum Gasteiger partial charge on any atom is 0.251 e. The quantitative estimate of drug-likeness (QED) is 0.798. The Balaban J connectivity index is 1.78. The van der Waals surface area contributed by atoms with Crippen LogP contribution in [0.2, 0.25) is 0 Å². The first kappa shape index (κ1) is 16.0. The number of aromatic nitrogens is 1. The number of rotatable bonds is 4. The van der Waals surface area contributed by atoms with Crippen molar-refractivity contribution in [1.82, 2.24) is 4.57 Å². The molecule has 0 aliphatic rings. The molecule has 3 rings (SSSR count). The van der Waals surface area contributed by atoms with E-state index in [0.29, 0.717) is 6.54 Å². The molecule has 0 atom stereocenters. The molecule has 4 heteroatoms. The van der Waals surface area contributed by atoms with Crippen molar-refractivity contribution in [3.05, 3.63) is 76.1 Å². The summed E-state index contributed by atoms with van der Waals surface area (Å²) in [6.07, 6.45) is 0.251. The summed E-state index contributed by atoms with van der Waals surface area (Å²) in [5.41, 5.74) is 3.62. The minimum Gasteiger partial charge on any atom is -0.326 e. The second-order valence-corrected chi connectivity index (χ2v) is 6.00. The van der Waals surface area contributed by atoms with Gasteiger partial charge in [-0.3, -0.25) is 9.59 Å². The lowest BCUT2D eigenvalue weighted by atomic mass is 10.1. The number of nitrogens with zero attached hydrogens (tertiary/aromatic N) is 1. The van der Waals surface area contributed by atoms with E-state index >= 15 is 0 Å². The molecular weight excluding hydrogens is 300 g/mol. The van der Waals surface area contributed by atoms with Gasteiger partial charge in [0.15, 0.2) is 0 Å². The Labute approximate surface area is 140 Å². The Bertz CT molecular complexity index is 957. The molecule has 0 spiro atoms. The van der Waals surface area contributed by atoms with Gasteiger partial charge in [0, 0.05) is 30.1 Å². The number of para-hydroxylation sites is 1. The van der Waals surface area contributed by atoms with Gasteiger partial charge in [0.25, 0.3) is 5.56 Å². The van der Waals surface area contributed by atoms with E-state index in [0.717, 1.165) is 27.7 Å². The Kier molecular flexibility index (Phi) is 4.47. The average molecular weight is 320 g/mol. The first-order valence-electron chi connectivity index (χ1n) is 8.00. The van der Waals surface area contributed by atoms with Gasteiger partial charge in [-0.05, 0) is 43.2 Å². The van der Waals surface area contributed by atoms with Crippen LogP contribution in [0.1, 0.15) is 17.5 Å². The summed E-state index contributed by atoms with van der Waals surface area (Å²) in [5.74, 6) is -0.0999. The van der Waals surface area contributed by atoms with E-state index in [2.05, 4.69) is 5.32 Å². The van der Waals surface area contributed by atoms with Crippen LogP contribution in [0.5, 0.6) is 0 Å². The molecule has 24 heavy (non-hydrogen) atoms. The highest BCUT2D eigenvalue weighted by Crippen LogP contribution is 2.16. The zero-order valence-corrected chi connectivity index (χ0v) is 13.9. The maximum absolute atomic E-state index is 12.3. The molecule has 122 valence electrons. The molecule has 1 heterocycles. The van der Waals surface area contributed by atoms with Gasteiger partial charge in [-0.1, -0.05) is 30.3 Å². The lowest BCUT2D eigenvalue weighted by Crippen LogP contribution is -2.23. The third-order valence-electron chi connectivity index (χ3n) is 4.09. The maximum atomic E-state index is 12.3. The number of carbonyl (C=O) groups excluding carboxylic acids is 1. The molecular formula is C20H20N2O2. The Morgan fingerprint density at radius 3 is 2.62 bits per heavy atom. The van der Waals surface area contributed by atoms with Crippen LogP contribution in [0.4, 0.5) is 5.69 Å². The fourth-order valence-corrected chi connectivity index (χ4v) is 2.89. The van der Waals surface area contributed by atoms with Crippen molar-refractivity contribution in [2.75, 3.05) is 5.32 Å². The third kappa shape index (κ3) is 3.38. The molecule has 0 aliphatic carbocycles. The minimum absolute atomic E-state index is 0.0745. The minimum atomic E-state index is -0.0999. The van der Waals surface area contributed by atoms with Gasteiger partial charge in [0.2, 0.25) is 5.91 Å². The van der Waals surface area contributed by atoms with Crippen molar-refractivity contribution in [3.8, 4) is 0 Å². The largest absolute Gasteiger partial charge is 0.326 e. The van der Waals surface area contributed by atoms with Crippen molar-refractivity contribution in [2.24, 2.45) is 0 Å². The van der Waals surface area contributed by atoms with Crippen LogP contribution in [-0.2, 0) is 11.3 Å². The number of anilines is 1. The van der Waals surface area contributed by atoms with E-state index < -0.39 is 0 Å². The molecule has 2 aromatic carbocycles. The number of fused-ring (bicyclic) bond motifs is 1. The summed E-state index contributed by atoms with van der Waals surface area (Å²) in [6.45, 7) is 4.27. The van der Waals surface area contributed by atoms with E-state index in [-0.39, 0.29) is 17.9 Å². The summed E-state index contributed by atoms with van der Waals surface area (Å²) in [5, 5.41) is 3.92. The average Bonchev–Trinajstić information content (AvgIpc) is 2.54. The Morgan fingerprint density at radius 2 is 1.83 bits per heavy atom.